The van der Waals surface area contributed by atoms with Crippen LogP contribution in [-0.2, 0) is 4.79 Å². The van der Waals surface area contributed by atoms with Crippen molar-refractivity contribution in [3.8, 4) is 11.1 Å². The predicted molar refractivity (Wildman–Crippen MR) is 111 cm³/mol. The van der Waals surface area contributed by atoms with Crippen LogP contribution in [0.2, 0.25) is 0 Å². The molecule has 0 aliphatic carbocycles. The third kappa shape index (κ3) is 3.52. The molecule has 31 heavy (non-hydrogen) atoms. The Bertz CT molecular complexity index is 1210. The van der Waals surface area contributed by atoms with E-state index < -0.39 is 34.4 Å². The van der Waals surface area contributed by atoms with E-state index in [9.17, 15) is 24.5 Å². The fourth-order valence-electron chi connectivity index (χ4n) is 3.41. The Hall–Kier alpha value is -4.40. The molecule has 0 fully saturated rings. The molecule has 0 radical (unpaired) electrons. The molecule has 0 saturated carbocycles. The summed E-state index contributed by atoms with van der Waals surface area (Å²) >= 11 is 0. The molecule has 0 saturated heterocycles. The van der Waals surface area contributed by atoms with E-state index in [2.05, 4.69) is 10.3 Å². The van der Waals surface area contributed by atoms with Gasteiger partial charge in [-0.05, 0) is 30.7 Å². The Balaban J connectivity index is 1.52. The van der Waals surface area contributed by atoms with Crippen LogP contribution in [0, 0.1) is 10.1 Å². The van der Waals surface area contributed by atoms with E-state index in [1.807, 2.05) is 30.3 Å². The number of carbonyl (C=O) groups is 3. The Morgan fingerprint density at radius 3 is 2.39 bits per heavy atom. The van der Waals surface area contributed by atoms with Crippen LogP contribution in [0.15, 0.2) is 66.9 Å². The molecule has 9 nitrogen and oxygen atoms in total. The Kier molecular flexibility index (Phi) is 5.00. The van der Waals surface area contributed by atoms with Gasteiger partial charge in [0.2, 0.25) is 5.91 Å². The number of aromatic nitrogens is 1. The van der Waals surface area contributed by atoms with Gasteiger partial charge in [-0.15, -0.1) is 0 Å². The van der Waals surface area contributed by atoms with Gasteiger partial charge < -0.3 is 5.32 Å². The van der Waals surface area contributed by atoms with Crippen LogP contribution in [0.4, 0.5) is 11.5 Å². The van der Waals surface area contributed by atoms with E-state index in [1.54, 1.807) is 18.3 Å². The van der Waals surface area contributed by atoms with E-state index in [-0.39, 0.29) is 16.9 Å². The highest BCUT2D eigenvalue weighted by atomic mass is 16.6. The molecule has 3 amide bonds. The van der Waals surface area contributed by atoms with Gasteiger partial charge in [-0.3, -0.25) is 29.4 Å². The number of rotatable bonds is 5. The maximum Gasteiger partial charge on any atom is 0.282 e. The molecule has 0 bridgehead atoms. The first-order valence-electron chi connectivity index (χ1n) is 9.36. The van der Waals surface area contributed by atoms with Gasteiger partial charge in [0.15, 0.2) is 0 Å². The number of carbonyl (C=O) groups excluding carboxylic acids is 3. The van der Waals surface area contributed by atoms with Crippen molar-refractivity contribution in [1.82, 2.24) is 9.88 Å². The zero-order chi connectivity index (χ0) is 22.1. The lowest BCUT2D eigenvalue weighted by Crippen LogP contribution is -2.45. The minimum absolute atomic E-state index is 0.0933. The molecular weight excluding hydrogens is 400 g/mol. The van der Waals surface area contributed by atoms with Crippen molar-refractivity contribution in [2.75, 3.05) is 5.32 Å². The smallest absolute Gasteiger partial charge is 0.282 e. The van der Waals surface area contributed by atoms with E-state index >= 15 is 0 Å². The number of benzene rings is 2. The van der Waals surface area contributed by atoms with Gasteiger partial charge in [-0.1, -0.05) is 36.4 Å². The van der Waals surface area contributed by atoms with Gasteiger partial charge >= 0.3 is 0 Å². The number of nitro benzene ring substituents is 1. The fourth-order valence-corrected chi connectivity index (χ4v) is 3.41. The molecular formula is C22H16N4O5. The summed E-state index contributed by atoms with van der Waals surface area (Å²) in [5.41, 5.74) is 0.962. The second-order valence-corrected chi connectivity index (χ2v) is 6.90. The molecule has 2 heterocycles. The molecule has 154 valence electrons. The minimum Gasteiger partial charge on any atom is -0.309 e. The van der Waals surface area contributed by atoms with Crippen LogP contribution in [0.5, 0.6) is 0 Å². The van der Waals surface area contributed by atoms with Crippen LogP contribution in [-0.4, -0.2) is 38.6 Å². The number of fused-ring (bicyclic) bond motifs is 1. The predicted octanol–water partition coefficient (Wildman–Crippen LogP) is 3.28. The summed E-state index contributed by atoms with van der Waals surface area (Å²) < 4.78 is 0. The van der Waals surface area contributed by atoms with Crippen molar-refractivity contribution in [3.63, 3.8) is 0 Å². The first kappa shape index (κ1) is 19.9. The highest BCUT2D eigenvalue weighted by Gasteiger charge is 2.44. The van der Waals surface area contributed by atoms with Crippen molar-refractivity contribution < 1.29 is 19.3 Å². The Morgan fingerprint density at radius 2 is 1.74 bits per heavy atom. The van der Waals surface area contributed by atoms with Crippen LogP contribution in [0.25, 0.3) is 11.1 Å². The van der Waals surface area contributed by atoms with Gasteiger partial charge in [0, 0.05) is 17.8 Å². The van der Waals surface area contributed by atoms with Gasteiger partial charge in [-0.25, -0.2) is 4.98 Å². The number of nitrogens with one attached hydrogen (secondary N) is 1. The number of nitrogens with zero attached hydrogens (tertiary/aromatic N) is 3. The summed E-state index contributed by atoms with van der Waals surface area (Å²) in [4.78, 5) is 53.5. The molecule has 3 aromatic rings. The first-order chi connectivity index (χ1) is 14.9. The summed E-state index contributed by atoms with van der Waals surface area (Å²) in [5.74, 6) is -2.02. The minimum atomic E-state index is -1.19. The molecule has 9 heteroatoms. The Labute approximate surface area is 176 Å². The zero-order valence-electron chi connectivity index (χ0n) is 16.3. The van der Waals surface area contributed by atoms with Gasteiger partial charge in [0.05, 0.1) is 10.5 Å². The number of anilines is 1. The molecule has 1 N–H and O–H groups in total. The maximum atomic E-state index is 12.7. The standard InChI is InChI=1S/C22H16N4O5/c1-13(25-21(28)16-8-5-9-17(26(30)31)19(16)22(25)29)20(27)24-18-11-10-15(12-23-18)14-6-3-2-4-7-14/h2-13H,1H3,(H,23,24,27). The molecule has 1 atom stereocenters. The monoisotopic (exact) mass is 416 g/mol. The molecule has 4 rings (SSSR count). The quantitative estimate of drug-likeness (QED) is 0.387. The topological polar surface area (TPSA) is 123 Å². The molecule has 0 spiro atoms. The van der Waals surface area contributed by atoms with Crippen molar-refractivity contribution >= 4 is 29.2 Å². The first-order valence-corrected chi connectivity index (χ1v) is 9.36. The Morgan fingerprint density at radius 1 is 1.00 bits per heavy atom. The molecule has 1 aliphatic heterocycles. The van der Waals surface area contributed by atoms with Crippen LogP contribution < -0.4 is 5.32 Å². The van der Waals surface area contributed by atoms with Crippen LogP contribution >= 0.6 is 0 Å². The summed E-state index contributed by atoms with van der Waals surface area (Å²) in [6.07, 6.45) is 1.60. The van der Waals surface area contributed by atoms with Crippen LogP contribution in [0.3, 0.4) is 0 Å². The van der Waals surface area contributed by atoms with Gasteiger partial charge in [0.1, 0.15) is 17.4 Å². The lowest BCUT2D eigenvalue weighted by molar-refractivity contribution is -0.385. The maximum absolute atomic E-state index is 12.7. The number of imide groups is 1. The largest absolute Gasteiger partial charge is 0.309 e. The van der Waals surface area contributed by atoms with E-state index in [4.69, 9.17) is 0 Å². The number of pyridine rings is 1. The fraction of sp³-hybridized carbons (Fsp3) is 0.0909. The number of nitro groups is 1. The van der Waals surface area contributed by atoms with Crippen molar-refractivity contribution in [3.05, 3.63) is 88.1 Å². The molecule has 1 unspecified atom stereocenters. The van der Waals surface area contributed by atoms with Crippen molar-refractivity contribution in [2.45, 2.75) is 13.0 Å². The molecule has 2 aromatic carbocycles. The summed E-state index contributed by atoms with van der Waals surface area (Å²) in [6, 6.07) is 15.6. The van der Waals surface area contributed by atoms with Gasteiger partial charge in [-0.2, -0.15) is 0 Å². The molecule has 1 aromatic heterocycles. The number of hydrogen-bond acceptors (Lipinski definition) is 6. The average Bonchev–Trinajstić information content (AvgIpc) is 3.04. The lowest BCUT2D eigenvalue weighted by atomic mass is 10.1. The third-order valence-electron chi connectivity index (χ3n) is 5.01. The number of hydrogen-bond donors (Lipinski definition) is 1. The summed E-state index contributed by atoms with van der Waals surface area (Å²) in [7, 11) is 0. The number of amides is 3. The van der Waals surface area contributed by atoms with E-state index in [0.717, 1.165) is 22.1 Å². The van der Waals surface area contributed by atoms with Crippen LogP contribution in [0.1, 0.15) is 27.6 Å². The third-order valence-corrected chi connectivity index (χ3v) is 5.01. The molecule has 1 aliphatic rings. The van der Waals surface area contributed by atoms with Crippen molar-refractivity contribution in [1.29, 1.82) is 0 Å². The van der Waals surface area contributed by atoms with E-state index in [1.165, 1.54) is 19.1 Å². The van der Waals surface area contributed by atoms with Gasteiger partial charge in [0.25, 0.3) is 17.5 Å². The highest BCUT2D eigenvalue weighted by molar-refractivity contribution is 6.24. The summed E-state index contributed by atoms with van der Waals surface area (Å²) in [5, 5.41) is 13.8. The zero-order valence-corrected chi connectivity index (χ0v) is 16.3. The SMILES string of the molecule is CC(C(=O)Nc1ccc(-c2ccccc2)cn1)N1C(=O)c2cccc([N+](=O)[O-])c2C1=O. The highest BCUT2D eigenvalue weighted by Crippen LogP contribution is 2.32. The van der Waals surface area contributed by atoms with Crippen molar-refractivity contribution in [2.24, 2.45) is 0 Å². The second-order valence-electron chi connectivity index (χ2n) is 6.90. The lowest BCUT2D eigenvalue weighted by Gasteiger charge is -2.21. The average molecular weight is 416 g/mol. The summed E-state index contributed by atoms with van der Waals surface area (Å²) in [6.45, 7) is 1.38. The second kappa shape index (κ2) is 7.79. The van der Waals surface area contributed by atoms with E-state index in [0.29, 0.717) is 0 Å². The normalized spacial score (nSPS) is 13.6.